The van der Waals surface area contributed by atoms with Crippen LogP contribution in [-0.4, -0.2) is 61.7 Å². The number of nitrogens with two attached hydrogens (primary N) is 1. The Bertz CT molecular complexity index is 842. The van der Waals surface area contributed by atoms with E-state index in [9.17, 15) is 21.6 Å². The van der Waals surface area contributed by atoms with Gasteiger partial charge in [-0.05, 0) is 38.5 Å². The van der Waals surface area contributed by atoms with Crippen LogP contribution in [0.2, 0.25) is 0 Å². The van der Waals surface area contributed by atoms with Crippen LogP contribution in [0.4, 0.5) is 5.69 Å². The van der Waals surface area contributed by atoms with E-state index >= 15 is 0 Å². The summed E-state index contributed by atoms with van der Waals surface area (Å²) in [6, 6.07) is 4.69. The van der Waals surface area contributed by atoms with Crippen molar-refractivity contribution >= 4 is 54.5 Å². The Morgan fingerprint density at radius 3 is 1.85 bits per heavy atom. The zero-order chi connectivity index (χ0) is 21.0. The molecule has 1 amide bonds. The highest BCUT2D eigenvalue weighted by Crippen LogP contribution is 2.16. The van der Waals surface area contributed by atoms with Crippen molar-refractivity contribution in [2.45, 2.75) is 30.2 Å². The summed E-state index contributed by atoms with van der Waals surface area (Å²) in [5, 5.41) is 0. The van der Waals surface area contributed by atoms with Crippen LogP contribution in [0, 0.1) is 6.92 Å². The molecule has 0 saturated carbocycles. The molecule has 1 rings (SSSR count). The van der Waals surface area contributed by atoms with Crippen molar-refractivity contribution in [3.05, 3.63) is 29.3 Å². The van der Waals surface area contributed by atoms with E-state index < -0.39 is 35.0 Å². The van der Waals surface area contributed by atoms with Gasteiger partial charge in [-0.2, -0.15) is 0 Å². The summed E-state index contributed by atoms with van der Waals surface area (Å²) in [6.07, 6.45) is 0. The molecule has 2 N–H and O–H groups in total. The molecule has 154 valence electrons. The number of carbonyl (C=O) groups excluding carboxylic acids is 1. The van der Waals surface area contributed by atoms with E-state index in [-0.39, 0.29) is 30.2 Å². The van der Waals surface area contributed by atoms with Crippen molar-refractivity contribution in [1.82, 2.24) is 4.90 Å². The Kier molecular flexibility index (Phi) is 8.40. The molecule has 0 radical (unpaired) electrons. The van der Waals surface area contributed by atoms with Crippen LogP contribution in [0.1, 0.15) is 29.8 Å². The van der Waals surface area contributed by atoms with Gasteiger partial charge in [0.25, 0.3) is 5.91 Å². The average molecular weight is 459 g/mol. The van der Waals surface area contributed by atoms with Gasteiger partial charge in [-0.3, -0.25) is 4.79 Å². The molecule has 0 aliphatic carbocycles. The molecule has 0 spiro atoms. The summed E-state index contributed by atoms with van der Waals surface area (Å²) in [5.41, 5.74) is 7.26. The van der Waals surface area contributed by atoms with E-state index in [4.69, 9.17) is 28.9 Å². The lowest BCUT2D eigenvalue weighted by molar-refractivity contribution is 0.0775. The fraction of sp³-hybridized carbons (Fsp3) is 0.562. The third-order valence-electron chi connectivity index (χ3n) is 4.09. The minimum absolute atomic E-state index is 0.196. The number of alkyl halides is 2. The number of benzene rings is 1. The van der Waals surface area contributed by atoms with Crippen LogP contribution in [0.3, 0.4) is 0 Å². The molecule has 2 atom stereocenters. The number of halogens is 2. The summed E-state index contributed by atoms with van der Waals surface area (Å²) in [6.45, 7) is 4.04. The second-order valence-electron chi connectivity index (χ2n) is 6.18. The largest absolute Gasteiger partial charge is 0.398 e. The first kappa shape index (κ1) is 24.0. The summed E-state index contributed by atoms with van der Waals surface area (Å²) in [4.78, 5) is 14.0. The fourth-order valence-corrected chi connectivity index (χ4v) is 4.20. The molecule has 0 aromatic heterocycles. The van der Waals surface area contributed by atoms with Gasteiger partial charge in [0.1, 0.15) is 9.42 Å². The number of anilines is 1. The number of rotatable bonds is 9. The Morgan fingerprint density at radius 2 is 1.48 bits per heavy atom. The van der Waals surface area contributed by atoms with Crippen molar-refractivity contribution in [1.29, 1.82) is 0 Å². The van der Waals surface area contributed by atoms with E-state index in [1.165, 1.54) is 19.9 Å². The van der Waals surface area contributed by atoms with Crippen LogP contribution in [0.15, 0.2) is 18.2 Å². The van der Waals surface area contributed by atoms with Crippen molar-refractivity contribution in [3.63, 3.8) is 0 Å². The first-order chi connectivity index (χ1) is 12.3. The minimum Gasteiger partial charge on any atom is -0.398 e. The van der Waals surface area contributed by atoms with Gasteiger partial charge < -0.3 is 10.6 Å². The third kappa shape index (κ3) is 6.81. The number of hydrogen-bond acceptors (Lipinski definition) is 6. The molecule has 11 heteroatoms. The maximum Gasteiger partial charge on any atom is 0.253 e. The number of hydrogen-bond donors (Lipinski definition) is 1. The van der Waals surface area contributed by atoms with Gasteiger partial charge in [0.15, 0.2) is 19.7 Å². The van der Waals surface area contributed by atoms with Gasteiger partial charge in [0.05, 0.1) is 11.5 Å². The maximum atomic E-state index is 12.8. The monoisotopic (exact) mass is 458 g/mol. The van der Waals surface area contributed by atoms with E-state index in [0.717, 1.165) is 10.5 Å². The molecule has 0 fully saturated rings. The molecule has 1 aromatic rings. The third-order valence-corrected chi connectivity index (χ3v) is 9.21. The van der Waals surface area contributed by atoms with Crippen molar-refractivity contribution in [2.24, 2.45) is 0 Å². The number of nitrogens with zero attached hydrogens (tertiary/aromatic N) is 1. The summed E-state index contributed by atoms with van der Waals surface area (Å²) in [7, 11) is -7.25. The van der Waals surface area contributed by atoms with E-state index in [2.05, 4.69) is 0 Å². The predicted octanol–water partition coefficient (Wildman–Crippen LogP) is 2.02. The first-order valence-electron chi connectivity index (χ1n) is 8.14. The van der Waals surface area contributed by atoms with Gasteiger partial charge in [0, 0.05) is 24.3 Å². The van der Waals surface area contributed by atoms with Crippen molar-refractivity contribution in [2.75, 3.05) is 30.3 Å². The molecule has 0 heterocycles. The zero-order valence-corrected chi connectivity index (χ0v) is 18.5. The average Bonchev–Trinajstić information content (AvgIpc) is 2.56. The smallest absolute Gasteiger partial charge is 0.253 e. The normalized spacial score (nSPS) is 14.6. The number of aryl methyl sites for hydroxylation is 1. The molecule has 27 heavy (non-hydrogen) atoms. The number of amides is 1. The standard InChI is InChI=1S/C16H24Cl2N2O5S2/c1-11-4-5-14(10-15(11)19)16(21)20(6-8-26(22,23)12(2)17)7-9-27(24,25)13(3)18/h4-5,10,12-13H,6-9,19H2,1-3H3. The molecular weight excluding hydrogens is 435 g/mol. The van der Waals surface area contributed by atoms with Crippen molar-refractivity contribution in [3.8, 4) is 0 Å². The predicted molar refractivity (Wildman–Crippen MR) is 110 cm³/mol. The lowest BCUT2D eigenvalue weighted by Gasteiger charge is -2.23. The topological polar surface area (TPSA) is 115 Å². The van der Waals surface area contributed by atoms with Crippen LogP contribution in [0.5, 0.6) is 0 Å². The second kappa shape index (κ2) is 9.45. The zero-order valence-electron chi connectivity index (χ0n) is 15.4. The molecule has 0 bridgehead atoms. The SMILES string of the molecule is Cc1ccc(C(=O)N(CCS(=O)(=O)C(C)Cl)CCS(=O)(=O)C(C)Cl)cc1N. The van der Waals surface area contributed by atoms with E-state index in [0.29, 0.717) is 5.69 Å². The molecule has 1 aromatic carbocycles. The Labute approximate surface area is 170 Å². The summed E-state index contributed by atoms with van der Waals surface area (Å²) in [5.74, 6) is -1.29. The minimum atomic E-state index is -3.62. The number of sulfone groups is 2. The fourth-order valence-electron chi connectivity index (χ4n) is 2.07. The van der Waals surface area contributed by atoms with E-state index in [1.54, 1.807) is 19.1 Å². The van der Waals surface area contributed by atoms with Crippen LogP contribution < -0.4 is 5.73 Å². The Hall–Kier alpha value is -1.03. The second-order valence-corrected chi connectivity index (χ2v) is 12.9. The number of nitrogen functional groups attached to an aromatic ring is 1. The van der Waals surface area contributed by atoms with Crippen LogP contribution in [-0.2, 0) is 19.7 Å². The highest BCUT2D eigenvalue weighted by molar-refractivity contribution is 7.93. The highest BCUT2D eigenvalue weighted by atomic mass is 35.5. The number of carbonyl (C=O) groups is 1. The molecule has 0 aliphatic heterocycles. The Morgan fingerprint density at radius 1 is 1.04 bits per heavy atom. The molecular formula is C16H24Cl2N2O5S2. The Balaban J connectivity index is 3.08. The summed E-state index contributed by atoms with van der Waals surface area (Å²) < 4.78 is 45.7. The van der Waals surface area contributed by atoms with Gasteiger partial charge in [-0.1, -0.05) is 6.07 Å². The maximum absolute atomic E-state index is 12.8. The van der Waals surface area contributed by atoms with Crippen LogP contribution in [0.25, 0.3) is 0 Å². The van der Waals surface area contributed by atoms with Crippen LogP contribution >= 0.6 is 23.2 Å². The van der Waals surface area contributed by atoms with Gasteiger partial charge in [0.2, 0.25) is 0 Å². The quantitative estimate of drug-likeness (QED) is 0.446. The lowest BCUT2D eigenvalue weighted by Crippen LogP contribution is -2.40. The van der Waals surface area contributed by atoms with Gasteiger partial charge in [-0.25, -0.2) is 16.8 Å². The molecule has 0 aliphatic rings. The molecule has 0 saturated heterocycles. The highest BCUT2D eigenvalue weighted by Gasteiger charge is 2.25. The van der Waals surface area contributed by atoms with Gasteiger partial charge in [-0.15, -0.1) is 23.2 Å². The lowest BCUT2D eigenvalue weighted by atomic mass is 10.1. The molecule has 7 nitrogen and oxygen atoms in total. The van der Waals surface area contributed by atoms with Crippen molar-refractivity contribution < 1.29 is 21.6 Å². The van der Waals surface area contributed by atoms with Gasteiger partial charge >= 0.3 is 0 Å². The molecule has 2 unspecified atom stereocenters. The summed E-state index contributed by atoms with van der Waals surface area (Å²) >= 11 is 11.3. The van der Waals surface area contributed by atoms with E-state index in [1.807, 2.05) is 0 Å². The first-order valence-corrected chi connectivity index (χ1v) is 12.4.